The minimum atomic E-state index is -4.46. The molecule has 0 aromatic carbocycles. The first kappa shape index (κ1) is 16.2. The zero-order valence-electron chi connectivity index (χ0n) is 12.5. The molecule has 0 amide bonds. The second kappa shape index (κ2) is 6.31. The zero-order valence-corrected chi connectivity index (χ0v) is 13.3. The van der Waals surface area contributed by atoms with Crippen LogP contribution >= 0.6 is 0 Å². The molecule has 0 radical (unpaired) electrons. The lowest BCUT2D eigenvalue weighted by Gasteiger charge is -2.25. The highest BCUT2D eigenvalue weighted by molar-refractivity contribution is 7.86. The van der Waals surface area contributed by atoms with E-state index in [4.69, 9.17) is 4.74 Å². The van der Waals surface area contributed by atoms with Gasteiger partial charge in [0.15, 0.2) is 0 Å². The number of methoxy groups -OCH3 is 1. The van der Waals surface area contributed by atoms with Crippen LogP contribution in [0.2, 0.25) is 0 Å². The third-order valence-corrected chi connectivity index (χ3v) is 4.46. The molecule has 1 heterocycles. The van der Waals surface area contributed by atoms with Crippen molar-refractivity contribution in [1.29, 1.82) is 0 Å². The fourth-order valence-electron chi connectivity index (χ4n) is 2.17. The van der Waals surface area contributed by atoms with Crippen molar-refractivity contribution in [3.8, 4) is 0 Å². The predicted molar refractivity (Wildman–Crippen MR) is 78.6 cm³/mol. The van der Waals surface area contributed by atoms with Crippen LogP contribution in [0.3, 0.4) is 0 Å². The average molecular weight is 319 g/mol. The fraction of sp³-hybridized carbons (Fsp3) is 0.769. The van der Waals surface area contributed by atoms with Gasteiger partial charge < -0.3 is 9.64 Å². The Morgan fingerprint density at radius 3 is 2.81 bits per heavy atom. The van der Waals surface area contributed by atoms with Crippen molar-refractivity contribution in [3.63, 3.8) is 0 Å². The molecule has 0 aliphatic heterocycles. The molecular weight excluding hydrogens is 297 g/mol. The van der Waals surface area contributed by atoms with E-state index in [0.717, 1.165) is 25.1 Å². The van der Waals surface area contributed by atoms with Crippen LogP contribution in [0.25, 0.3) is 0 Å². The Morgan fingerprint density at radius 2 is 2.24 bits per heavy atom. The van der Waals surface area contributed by atoms with Gasteiger partial charge in [0, 0.05) is 26.4 Å². The van der Waals surface area contributed by atoms with E-state index >= 15 is 0 Å². The maximum Gasteiger partial charge on any atom is 0.304 e. The third kappa shape index (κ3) is 5.28. The molecule has 0 spiro atoms. The molecule has 1 aliphatic carbocycles. The lowest BCUT2D eigenvalue weighted by molar-refractivity contribution is 0.183. The number of aromatic nitrogens is 2. The van der Waals surface area contributed by atoms with E-state index in [-0.39, 0.29) is 12.0 Å². The number of ether oxygens (including phenoxy) is 1. The molecule has 21 heavy (non-hydrogen) atoms. The molecule has 2 rings (SSSR count). The van der Waals surface area contributed by atoms with E-state index in [1.54, 1.807) is 18.0 Å². The summed E-state index contributed by atoms with van der Waals surface area (Å²) in [6.07, 6.45) is 5.76. The average Bonchev–Trinajstić information content (AvgIpc) is 2.94. The summed E-state index contributed by atoms with van der Waals surface area (Å²) >= 11 is 0. The lowest BCUT2D eigenvalue weighted by Crippen LogP contribution is -2.33. The highest BCUT2D eigenvalue weighted by Crippen LogP contribution is 2.46. The monoisotopic (exact) mass is 319 g/mol. The van der Waals surface area contributed by atoms with Crippen LogP contribution < -0.4 is 4.90 Å². The molecule has 120 valence electrons. The first-order chi connectivity index (χ1) is 9.81. The lowest BCUT2D eigenvalue weighted by atomic mass is 10.1. The molecule has 1 saturated carbocycles. The standard InChI is InChI=1S/C13H22FN3O3S/c1-13(3-4-13)11-16(6-8-21(14,18)19)12-9-15-17(10-12)5-7-20-2/h9-10H,3-8,11H2,1-2H3. The summed E-state index contributed by atoms with van der Waals surface area (Å²) < 4.78 is 41.1. The van der Waals surface area contributed by atoms with Crippen LogP contribution in [0.5, 0.6) is 0 Å². The molecule has 0 bridgehead atoms. The van der Waals surface area contributed by atoms with Crippen molar-refractivity contribution >= 4 is 15.9 Å². The molecule has 1 aromatic rings. The Bertz CT molecular complexity index is 569. The third-order valence-electron chi connectivity index (χ3n) is 3.79. The molecule has 6 nitrogen and oxygen atoms in total. The normalized spacial score (nSPS) is 16.9. The molecule has 0 saturated heterocycles. The minimum Gasteiger partial charge on any atom is -0.383 e. The maximum atomic E-state index is 12.8. The van der Waals surface area contributed by atoms with Crippen LogP contribution in [0.15, 0.2) is 12.4 Å². The number of halogens is 1. The number of rotatable bonds is 9. The van der Waals surface area contributed by atoms with Crippen LogP contribution in [-0.2, 0) is 21.5 Å². The van der Waals surface area contributed by atoms with Crippen molar-refractivity contribution in [3.05, 3.63) is 12.4 Å². The van der Waals surface area contributed by atoms with Gasteiger partial charge >= 0.3 is 10.2 Å². The van der Waals surface area contributed by atoms with Crippen molar-refractivity contribution in [2.24, 2.45) is 5.41 Å². The van der Waals surface area contributed by atoms with E-state index in [0.29, 0.717) is 13.2 Å². The molecule has 0 atom stereocenters. The highest BCUT2D eigenvalue weighted by Gasteiger charge is 2.39. The van der Waals surface area contributed by atoms with Gasteiger partial charge in [-0.25, -0.2) is 0 Å². The number of anilines is 1. The smallest absolute Gasteiger partial charge is 0.304 e. The second-order valence-corrected chi connectivity index (χ2v) is 7.42. The van der Waals surface area contributed by atoms with E-state index in [1.807, 2.05) is 11.1 Å². The van der Waals surface area contributed by atoms with E-state index in [2.05, 4.69) is 12.0 Å². The van der Waals surface area contributed by atoms with Crippen molar-refractivity contribution < 1.29 is 17.0 Å². The van der Waals surface area contributed by atoms with Crippen molar-refractivity contribution in [1.82, 2.24) is 9.78 Å². The fourth-order valence-corrected chi connectivity index (χ4v) is 2.61. The van der Waals surface area contributed by atoms with Crippen molar-refractivity contribution in [2.45, 2.75) is 26.3 Å². The van der Waals surface area contributed by atoms with Gasteiger partial charge in [0.2, 0.25) is 0 Å². The SMILES string of the molecule is COCCn1cc(N(CCS(=O)(=O)F)CC2(C)CC2)cn1. The van der Waals surface area contributed by atoms with E-state index < -0.39 is 16.0 Å². The van der Waals surface area contributed by atoms with E-state index in [1.165, 1.54) is 0 Å². The van der Waals surface area contributed by atoms with E-state index in [9.17, 15) is 12.3 Å². The number of hydrogen-bond donors (Lipinski definition) is 0. The Labute approximate surface area is 125 Å². The van der Waals surface area contributed by atoms with Crippen LogP contribution in [-0.4, -0.2) is 50.8 Å². The molecule has 1 fully saturated rings. The first-order valence-electron chi connectivity index (χ1n) is 7.00. The number of nitrogens with zero attached hydrogens (tertiary/aromatic N) is 3. The summed E-state index contributed by atoms with van der Waals surface area (Å²) in [5.41, 5.74) is 1.03. The first-order valence-corrected chi connectivity index (χ1v) is 8.55. The summed E-state index contributed by atoms with van der Waals surface area (Å²) in [5, 5.41) is 4.22. The van der Waals surface area contributed by atoms with Crippen LogP contribution in [0, 0.1) is 5.41 Å². The molecule has 0 N–H and O–H groups in total. The van der Waals surface area contributed by atoms with Gasteiger partial charge in [0.05, 0.1) is 30.8 Å². The van der Waals surface area contributed by atoms with Gasteiger partial charge in [-0.05, 0) is 18.3 Å². The van der Waals surface area contributed by atoms with Gasteiger partial charge in [-0.15, -0.1) is 3.89 Å². The molecule has 1 aromatic heterocycles. The summed E-state index contributed by atoms with van der Waals surface area (Å²) in [6.45, 7) is 4.20. The highest BCUT2D eigenvalue weighted by atomic mass is 32.3. The van der Waals surface area contributed by atoms with Gasteiger partial charge in [-0.2, -0.15) is 13.5 Å². The van der Waals surface area contributed by atoms with Crippen LogP contribution in [0.4, 0.5) is 9.57 Å². The van der Waals surface area contributed by atoms with Gasteiger partial charge in [0.25, 0.3) is 0 Å². The summed E-state index contributed by atoms with van der Waals surface area (Å²) in [4.78, 5) is 1.90. The maximum absolute atomic E-state index is 12.8. The van der Waals surface area contributed by atoms with Crippen LogP contribution in [0.1, 0.15) is 19.8 Å². The number of hydrogen-bond acceptors (Lipinski definition) is 5. The molecule has 8 heteroatoms. The Balaban J connectivity index is 2.04. The topological polar surface area (TPSA) is 64.4 Å². The Hall–Kier alpha value is -1.15. The predicted octanol–water partition coefficient (Wildman–Crippen LogP) is 1.44. The summed E-state index contributed by atoms with van der Waals surface area (Å²) in [7, 11) is -2.84. The zero-order chi connectivity index (χ0) is 15.5. The Morgan fingerprint density at radius 1 is 1.52 bits per heavy atom. The van der Waals surface area contributed by atoms with Gasteiger partial charge in [0.1, 0.15) is 0 Å². The van der Waals surface area contributed by atoms with Gasteiger partial charge in [-0.3, -0.25) is 4.68 Å². The summed E-state index contributed by atoms with van der Waals surface area (Å²) in [6, 6.07) is 0. The van der Waals surface area contributed by atoms with Gasteiger partial charge in [-0.1, -0.05) is 6.92 Å². The quantitative estimate of drug-likeness (QED) is 0.644. The Kier molecular flexibility index (Phi) is 4.88. The second-order valence-electron chi connectivity index (χ2n) is 5.93. The largest absolute Gasteiger partial charge is 0.383 e. The van der Waals surface area contributed by atoms with Crippen molar-refractivity contribution in [2.75, 3.05) is 37.5 Å². The molecule has 1 aliphatic rings. The minimum absolute atomic E-state index is 0.143. The molecular formula is C13H22FN3O3S. The molecule has 0 unspecified atom stereocenters. The summed E-state index contributed by atoms with van der Waals surface area (Å²) in [5.74, 6) is -0.494.